The number of H-pyrrole nitrogens is 1. The Bertz CT molecular complexity index is 1740. The number of nitrogens with zero attached hydrogens (tertiary/aromatic N) is 6. The van der Waals surface area contributed by atoms with Crippen molar-refractivity contribution in [3.8, 4) is 22.5 Å². The molecule has 0 radical (unpaired) electrons. The van der Waals surface area contributed by atoms with Gasteiger partial charge in [0, 0.05) is 25.1 Å². The smallest absolute Gasteiger partial charge is 0.253 e. The third-order valence-corrected chi connectivity index (χ3v) is 7.47. The molecule has 2 heterocycles. The first-order valence-corrected chi connectivity index (χ1v) is 15.2. The van der Waals surface area contributed by atoms with Crippen LogP contribution in [-0.2, 0) is 22.6 Å². The maximum Gasteiger partial charge on any atom is 0.253 e. The van der Waals surface area contributed by atoms with Crippen LogP contribution in [0.5, 0.6) is 0 Å². The summed E-state index contributed by atoms with van der Waals surface area (Å²) in [6.45, 7) is 2.92. The maximum atomic E-state index is 13.4. The predicted molar refractivity (Wildman–Crippen MR) is 168 cm³/mol. The number of imidazole rings is 1. The molecule has 0 unspecified atom stereocenters. The summed E-state index contributed by atoms with van der Waals surface area (Å²) in [6.07, 6.45) is 3.81. The molecule has 0 spiro atoms. The molecule has 46 heavy (non-hydrogen) atoms. The minimum atomic E-state index is -0.364. The molecule has 0 fully saturated rings. The molecule has 5 aromatic rings. The number of para-hydroxylation sites is 1. The zero-order valence-corrected chi connectivity index (χ0v) is 25.5. The van der Waals surface area contributed by atoms with Crippen molar-refractivity contribution in [2.45, 2.75) is 45.6 Å². The summed E-state index contributed by atoms with van der Waals surface area (Å²) in [7, 11) is 0. The molecular weight excluding hydrogens is 590 g/mol. The summed E-state index contributed by atoms with van der Waals surface area (Å²) in [6, 6.07) is 21.6. The van der Waals surface area contributed by atoms with Gasteiger partial charge in [0.05, 0.1) is 35.1 Å². The van der Waals surface area contributed by atoms with E-state index in [9.17, 15) is 9.59 Å². The highest BCUT2D eigenvalue weighted by atomic mass is 17.1. The van der Waals surface area contributed by atoms with Gasteiger partial charge in [-0.3, -0.25) is 24.8 Å². The lowest BCUT2D eigenvalue weighted by atomic mass is 9.98. The molecule has 14 nitrogen and oxygen atoms in total. The highest BCUT2D eigenvalue weighted by Gasteiger charge is 2.19. The van der Waals surface area contributed by atoms with Gasteiger partial charge in [0.15, 0.2) is 0 Å². The van der Waals surface area contributed by atoms with Gasteiger partial charge in [-0.25, -0.2) is 4.98 Å². The van der Waals surface area contributed by atoms with Crippen LogP contribution in [0.25, 0.3) is 33.5 Å². The number of unbranched alkanes of at least 4 members (excludes halogenated alkanes) is 2. The van der Waals surface area contributed by atoms with Crippen LogP contribution >= 0.6 is 0 Å². The Labute approximate surface area is 265 Å². The number of aryl methyl sites for hydroxylation is 1. The Hall–Kier alpha value is -5.02. The van der Waals surface area contributed by atoms with Crippen molar-refractivity contribution < 1.29 is 24.8 Å². The fourth-order valence-electron chi connectivity index (χ4n) is 5.21. The molecule has 14 heteroatoms. The van der Waals surface area contributed by atoms with Crippen molar-refractivity contribution in [2.24, 2.45) is 0 Å². The lowest BCUT2D eigenvalue weighted by Gasteiger charge is -2.13. The average molecular weight is 628 g/mol. The van der Waals surface area contributed by atoms with Crippen LogP contribution in [0.15, 0.2) is 66.7 Å². The largest absolute Gasteiger partial charge is 0.355 e. The number of hydrogen-bond acceptors (Lipinski definition) is 10. The van der Waals surface area contributed by atoms with Crippen molar-refractivity contribution in [3.63, 3.8) is 0 Å². The van der Waals surface area contributed by atoms with E-state index in [2.05, 4.69) is 71.9 Å². The second-order valence-corrected chi connectivity index (χ2v) is 10.7. The summed E-state index contributed by atoms with van der Waals surface area (Å²) >= 11 is 0. The number of fused-ring (bicyclic) bond motifs is 1. The van der Waals surface area contributed by atoms with Crippen LogP contribution < -0.4 is 10.6 Å². The zero-order chi connectivity index (χ0) is 32.3. The van der Waals surface area contributed by atoms with E-state index in [0.29, 0.717) is 37.3 Å². The zero-order valence-electron chi connectivity index (χ0n) is 25.5. The normalized spacial score (nSPS) is 11.3. The van der Waals surface area contributed by atoms with Crippen molar-refractivity contribution in [1.29, 1.82) is 0 Å². The molecule has 5 N–H and O–H groups in total. The summed E-state index contributed by atoms with van der Waals surface area (Å²) in [5.41, 5.74) is 5.82. The van der Waals surface area contributed by atoms with Gasteiger partial charge in [-0.2, -0.15) is 5.21 Å². The van der Waals surface area contributed by atoms with Crippen LogP contribution in [-0.4, -0.2) is 77.5 Å². The quantitative estimate of drug-likeness (QED) is 0.0794. The number of amides is 2. The van der Waals surface area contributed by atoms with Crippen LogP contribution in [0.3, 0.4) is 0 Å². The molecule has 0 aliphatic carbocycles. The van der Waals surface area contributed by atoms with E-state index in [1.165, 1.54) is 0 Å². The second kappa shape index (κ2) is 15.8. The van der Waals surface area contributed by atoms with Crippen LogP contribution in [0.4, 0.5) is 0 Å². The Morgan fingerprint density at radius 1 is 0.957 bits per heavy atom. The Balaban J connectivity index is 1.32. The van der Waals surface area contributed by atoms with E-state index in [1.807, 2.05) is 30.3 Å². The summed E-state index contributed by atoms with van der Waals surface area (Å²) < 4.78 is 2.10. The highest BCUT2D eigenvalue weighted by Crippen LogP contribution is 2.30. The molecule has 0 atom stereocenters. The number of aromatic amines is 1. The number of benzene rings is 3. The molecule has 240 valence electrons. The first-order chi connectivity index (χ1) is 22.4. The Morgan fingerprint density at radius 3 is 2.50 bits per heavy atom. The maximum absolute atomic E-state index is 13.4. The van der Waals surface area contributed by atoms with E-state index in [-0.39, 0.29) is 30.4 Å². The van der Waals surface area contributed by atoms with Gasteiger partial charge in [-0.1, -0.05) is 67.9 Å². The highest BCUT2D eigenvalue weighted by molar-refractivity contribution is 6.06. The first-order valence-electron chi connectivity index (χ1n) is 15.2. The van der Waals surface area contributed by atoms with Gasteiger partial charge >= 0.3 is 0 Å². The molecule has 0 saturated heterocycles. The van der Waals surface area contributed by atoms with Crippen molar-refractivity contribution >= 4 is 22.8 Å². The van der Waals surface area contributed by atoms with E-state index in [1.54, 1.807) is 12.1 Å². The lowest BCUT2D eigenvalue weighted by molar-refractivity contribution is -0.492. The number of tetrazole rings is 1. The topological polar surface area (TPSA) is 183 Å². The van der Waals surface area contributed by atoms with E-state index < -0.39 is 0 Å². The standard InChI is InChI=1S/C32H37N9O5/c1-2-3-13-28-35-27-12-8-11-26(32(43)34-20-29(42)33-18-6-7-19-46-41(44)45)30(27)40(28)21-22-14-16-23(17-15-22)24-9-4-5-10-25(24)31-36-38-39-37-31/h4-5,8-12,14-17,44-45H,2-3,6-7,13,18-21H2,1H3,(H,33,42)(H,34,43)(H,36,37,38,39). The predicted octanol–water partition coefficient (Wildman–Crippen LogP) is 3.91. The summed E-state index contributed by atoms with van der Waals surface area (Å²) in [5, 5.41) is 36.7. The van der Waals surface area contributed by atoms with Crippen molar-refractivity contribution in [3.05, 3.63) is 83.7 Å². The number of hydrogen-bond donors (Lipinski definition) is 5. The van der Waals surface area contributed by atoms with Crippen molar-refractivity contribution in [2.75, 3.05) is 19.7 Å². The van der Waals surface area contributed by atoms with Gasteiger partial charge in [0.25, 0.3) is 5.91 Å². The average Bonchev–Trinajstić information content (AvgIpc) is 3.73. The fourth-order valence-corrected chi connectivity index (χ4v) is 5.21. The minimum absolute atomic E-state index is 0.0944. The van der Waals surface area contributed by atoms with Gasteiger partial charge in [-0.15, -0.1) is 10.2 Å². The SMILES string of the molecule is CCCCc1nc2cccc(C(=O)NCC(=O)NCCCCON(O)O)c2n1Cc1ccc(-c2ccccc2-c2nn[nH]n2)cc1. The van der Waals surface area contributed by atoms with Gasteiger partial charge in [0.2, 0.25) is 11.7 Å². The van der Waals surface area contributed by atoms with E-state index in [0.717, 1.165) is 58.4 Å². The Kier molecular flexibility index (Phi) is 11.1. The van der Waals surface area contributed by atoms with Crippen molar-refractivity contribution in [1.82, 2.24) is 46.2 Å². The molecule has 2 amide bonds. The number of aromatic nitrogens is 6. The fraction of sp³-hybridized carbons (Fsp3) is 0.312. The summed E-state index contributed by atoms with van der Waals surface area (Å²) in [5.74, 6) is 0.732. The van der Waals surface area contributed by atoms with Crippen LogP contribution in [0.1, 0.15) is 54.4 Å². The number of carbonyl (C=O) groups is 2. The van der Waals surface area contributed by atoms with Crippen LogP contribution in [0.2, 0.25) is 0 Å². The second-order valence-electron chi connectivity index (χ2n) is 10.7. The van der Waals surface area contributed by atoms with E-state index >= 15 is 0 Å². The number of nitrogens with one attached hydrogen (secondary N) is 3. The summed E-state index contributed by atoms with van der Waals surface area (Å²) in [4.78, 5) is 35.1. The molecule has 0 bridgehead atoms. The molecule has 0 saturated carbocycles. The van der Waals surface area contributed by atoms with Crippen LogP contribution in [0, 0.1) is 0 Å². The first kappa shape index (κ1) is 32.4. The number of carbonyl (C=O) groups excluding carboxylic acids is 2. The third-order valence-electron chi connectivity index (χ3n) is 7.47. The Morgan fingerprint density at radius 2 is 1.76 bits per heavy atom. The molecule has 3 aromatic carbocycles. The molecule has 5 rings (SSSR count). The minimum Gasteiger partial charge on any atom is -0.355 e. The van der Waals surface area contributed by atoms with Gasteiger partial charge in [-0.05, 0) is 53.3 Å². The monoisotopic (exact) mass is 627 g/mol. The number of rotatable bonds is 16. The molecule has 2 aromatic heterocycles. The molecular formula is C32H37N9O5. The third kappa shape index (κ3) is 8.17. The van der Waals surface area contributed by atoms with E-state index in [4.69, 9.17) is 15.4 Å². The molecule has 0 aliphatic heterocycles. The molecule has 0 aliphatic rings. The van der Waals surface area contributed by atoms with Gasteiger partial charge in [0.1, 0.15) is 5.82 Å². The lowest BCUT2D eigenvalue weighted by Crippen LogP contribution is -2.37. The van der Waals surface area contributed by atoms with Gasteiger partial charge < -0.3 is 15.2 Å².